The highest BCUT2D eigenvalue weighted by atomic mass is 19.1. The number of carbonyl (C=O) groups excluding carboxylic acids is 3. The van der Waals surface area contributed by atoms with E-state index in [0.717, 1.165) is 36.7 Å². The van der Waals surface area contributed by atoms with Crippen LogP contribution in [0.1, 0.15) is 47.5 Å². The number of hydrogen-bond acceptors (Lipinski definition) is 5. The van der Waals surface area contributed by atoms with Crippen LogP contribution in [-0.2, 0) is 9.53 Å². The molecular formula is C29H30FN3O4. The van der Waals surface area contributed by atoms with E-state index in [2.05, 4.69) is 10.6 Å². The molecule has 2 aliphatic rings. The van der Waals surface area contributed by atoms with Gasteiger partial charge in [-0.2, -0.15) is 0 Å². The van der Waals surface area contributed by atoms with Crippen molar-refractivity contribution in [1.29, 1.82) is 0 Å². The van der Waals surface area contributed by atoms with E-state index in [0.29, 0.717) is 16.8 Å². The molecule has 3 aromatic rings. The number of ketones is 1. The first-order chi connectivity index (χ1) is 18.0. The van der Waals surface area contributed by atoms with E-state index in [1.54, 1.807) is 18.2 Å². The van der Waals surface area contributed by atoms with Crippen LogP contribution in [0, 0.1) is 5.82 Å². The molecule has 2 aliphatic heterocycles. The van der Waals surface area contributed by atoms with Crippen molar-refractivity contribution >= 4 is 34.2 Å². The van der Waals surface area contributed by atoms with Crippen LogP contribution in [-0.4, -0.2) is 50.1 Å². The molecule has 1 atom stereocenters. The summed E-state index contributed by atoms with van der Waals surface area (Å²) in [5.41, 5.74) is 1.66. The molecule has 37 heavy (non-hydrogen) atoms. The fourth-order valence-corrected chi connectivity index (χ4v) is 5.15. The van der Waals surface area contributed by atoms with Crippen LogP contribution in [0.3, 0.4) is 0 Å². The quantitative estimate of drug-likeness (QED) is 0.441. The lowest BCUT2D eigenvalue weighted by Crippen LogP contribution is -2.35. The number of nitrogens with zero attached hydrogens (tertiary/aromatic N) is 1. The first-order valence-electron chi connectivity index (χ1n) is 12.8. The van der Waals surface area contributed by atoms with Crippen LogP contribution in [0.2, 0.25) is 0 Å². The lowest BCUT2D eigenvalue weighted by Gasteiger charge is -2.27. The van der Waals surface area contributed by atoms with Crippen LogP contribution >= 0.6 is 0 Å². The number of cyclic esters (lactones) is 1. The van der Waals surface area contributed by atoms with Crippen LogP contribution in [0.4, 0.5) is 14.9 Å². The molecule has 0 bridgehead atoms. The van der Waals surface area contributed by atoms with Gasteiger partial charge in [-0.25, -0.2) is 9.18 Å². The average molecular weight is 504 g/mol. The largest absolute Gasteiger partial charge is 0.442 e. The van der Waals surface area contributed by atoms with Gasteiger partial charge in [-0.1, -0.05) is 42.5 Å². The van der Waals surface area contributed by atoms with E-state index in [4.69, 9.17) is 4.74 Å². The molecule has 2 heterocycles. The minimum atomic E-state index is -0.559. The lowest BCUT2D eigenvalue weighted by molar-refractivity contribution is -0.121. The summed E-state index contributed by atoms with van der Waals surface area (Å²) in [6.07, 6.45) is 0.620. The Morgan fingerprint density at radius 2 is 1.78 bits per heavy atom. The zero-order chi connectivity index (χ0) is 25.8. The maximum Gasteiger partial charge on any atom is 0.414 e. The molecule has 0 spiro atoms. The smallest absolute Gasteiger partial charge is 0.414 e. The minimum absolute atomic E-state index is 0.0316. The third kappa shape index (κ3) is 5.64. The van der Waals surface area contributed by atoms with Gasteiger partial charge in [-0.3, -0.25) is 14.5 Å². The molecule has 192 valence electrons. The number of ether oxygens (including phenoxy) is 1. The predicted octanol–water partition coefficient (Wildman–Crippen LogP) is 4.55. The Bertz CT molecular complexity index is 1320. The van der Waals surface area contributed by atoms with E-state index in [1.807, 2.05) is 36.4 Å². The van der Waals surface area contributed by atoms with E-state index in [1.165, 1.54) is 11.0 Å². The molecule has 2 amide bonds. The number of halogens is 1. The maximum absolute atomic E-state index is 14.8. The number of benzene rings is 3. The first-order valence-corrected chi connectivity index (χ1v) is 12.8. The van der Waals surface area contributed by atoms with Gasteiger partial charge < -0.3 is 15.4 Å². The Morgan fingerprint density at radius 1 is 1.00 bits per heavy atom. The van der Waals surface area contributed by atoms with Gasteiger partial charge in [0, 0.05) is 24.0 Å². The summed E-state index contributed by atoms with van der Waals surface area (Å²) in [7, 11) is 0. The summed E-state index contributed by atoms with van der Waals surface area (Å²) in [6.45, 7) is 1.96. The molecule has 7 nitrogen and oxygen atoms in total. The number of rotatable bonds is 8. The van der Waals surface area contributed by atoms with Gasteiger partial charge in [-0.05, 0) is 60.8 Å². The first kappa shape index (κ1) is 24.9. The van der Waals surface area contributed by atoms with Crippen molar-refractivity contribution in [2.45, 2.75) is 37.7 Å². The molecule has 0 saturated carbocycles. The number of amides is 2. The molecule has 0 radical (unpaired) electrons. The van der Waals surface area contributed by atoms with E-state index >= 15 is 0 Å². The molecule has 8 heteroatoms. The highest BCUT2D eigenvalue weighted by Crippen LogP contribution is 2.37. The molecule has 5 rings (SSSR count). The molecule has 0 aromatic heterocycles. The molecule has 2 N–H and O–H groups in total. The van der Waals surface area contributed by atoms with Crippen molar-refractivity contribution in [3.63, 3.8) is 0 Å². The normalized spacial score (nSPS) is 18.1. The second-order valence-corrected chi connectivity index (χ2v) is 9.60. The summed E-state index contributed by atoms with van der Waals surface area (Å²) in [4.78, 5) is 39.1. The molecule has 0 aliphatic carbocycles. The topological polar surface area (TPSA) is 87.7 Å². The third-order valence-corrected chi connectivity index (χ3v) is 7.12. The highest BCUT2D eigenvalue weighted by Gasteiger charge is 2.35. The summed E-state index contributed by atoms with van der Waals surface area (Å²) in [6, 6.07) is 18.1. The molecule has 3 aromatic carbocycles. The molecular weight excluding hydrogens is 473 g/mol. The Labute approximate surface area is 215 Å². The molecule has 2 fully saturated rings. The average Bonchev–Trinajstić information content (AvgIpc) is 3.30. The van der Waals surface area contributed by atoms with Crippen molar-refractivity contribution in [2.24, 2.45) is 0 Å². The molecule has 2 saturated heterocycles. The minimum Gasteiger partial charge on any atom is -0.442 e. The van der Waals surface area contributed by atoms with Gasteiger partial charge >= 0.3 is 6.09 Å². The number of Topliss-reactive ketones (excluding diaryl/α,β-unsaturated/α-hetero) is 1. The standard InChI is InChI=1S/C29H30FN3O4/c30-24-6-3-7-25(28(24)20-12-14-31-15-13-20)33-18-23(37-29(33)36)17-32-27(35)11-10-26(34)22-9-8-19-4-1-2-5-21(19)16-22/h1-9,16,20,23,31H,10-15,17-18H2,(H,32,35). The Kier molecular flexibility index (Phi) is 7.46. The summed E-state index contributed by atoms with van der Waals surface area (Å²) < 4.78 is 20.3. The van der Waals surface area contributed by atoms with E-state index in [9.17, 15) is 18.8 Å². The number of nitrogens with one attached hydrogen (secondary N) is 2. The Morgan fingerprint density at radius 3 is 2.59 bits per heavy atom. The van der Waals surface area contributed by atoms with Crippen molar-refractivity contribution < 1.29 is 23.5 Å². The fourth-order valence-electron chi connectivity index (χ4n) is 5.15. The van der Waals surface area contributed by atoms with Gasteiger partial charge in [0.15, 0.2) is 5.78 Å². The second-order valence-electron chi connectivity index (χ2n) is 9.60. The van der Waals surface area contributed by atoms with Crippen molar-refractivity contribution in [3.05, 3.63) is 77.6 Å². The van der Waals surface area contributed by atoms with Crippen LogP contribution < -0.4 is 15.5 Å². The second kappa shape index (κ2) is 11.1. The van der Waals surface area contributed by atoms with Gasteiger partial charge in [0.25, 0.3) is 0 Å². The molecule has 1 unspecified atom stereocenters. The Balaban J connectivity index is 1.15. The van der Waals surface area contributed by atoms with Crippen molar-refractivity contribution in [3.8, 4) is 0 Å². The van der Waals surface area contributed by atoms with Gasteiger partial charge in [0.2, 0.25) is 5.91 Å². The van der Waals surface area contributed by atoms with Crippen molar-refractivity contribution in [1.82, 2.24) is 10.6 Å². The lowest BCUT2D eigenvalue weighted by atomic mass is 9.88. The zero-order valence-electron chi connectivity index (χ0n) is 20.5. The van der Waals surface area contributed by atoms with Crippen molar-refractivity contribution in [2.75, 3.05) is 31.1 Å². The predicted molar refractivity (Wildman–Crippen MR) is 139 cm³/mol. The SMILES string of the molecule is O=C(CCC(=O)c1ccc2ccccc2c1)NCC1CN(c2cccc(F)c2C2CCNCC2)C(=O)O1. The number of fused-ring (bicyclic) bond motifs is 1. The summed E-state index contributed by atoms with van der Waals surface area (Å²) in [5, 5.41) is 8.08. The third-order valence-electron chi connectivity index (χ3n) is 7.12. The van der Waals surface area contributed by atoms with Crippen LogP contribution in [0.25, 0.3) is 10.8 Å². The highest BCUT2D eigenvalue weighted by molar-refractivity contribution is 6.01. The van der Waals surface area contributed by atoms with E-state index in [-0.39, 0.29) is 49.4 Å². The summed E-state index contributed by atoms with van der Waals surface area (Å²) >= 11 is 0. The number of anilines is 1. The maximum atomic E-state index is 14.8. The van der Waals surface area contributed by atoms with Crippen LogP contribution in [0.15, 0.2) is 60.7 Å². The van der Waals surface area contributed by atoms with Crippen LogP contribution in [0.5, 0.6) is 0 Å². The van der Waals surface area contributed by atoms with Gasteiger partial charge in [0.1, 0.15) is 11.9 Å². The number of hydrogen-bond donors (Lipinski definition) is 2. The van der Waals surface area contributed by atoms with Gasteiger partial charge in [0.05, 0.1) is 18.8 Å². The monoisotopic (exact) mass is 503 g/mol. The Hall–Kier alpha value is -3.78. The summed E-state index contributed by atoms with van der Waals surface area (Å²) in [5.74, 6) is -0.671. The number of piperidine rings is 1. The van der Waals surface area contributed by atoms with Gasteiger partial charge in [-0.15, -0.1) is 0 Å². The zero-order valence-corrected chi connectivity index (χ0v) is 20.5. The fraction of sp³-hybridized carbons (Fsp3) is 0.345. The van der Waals surface area contributed by atoms with E-state index < -0.39 is 12.2 Å². The number of carbonyl (C=O) groups is 3.